The smallest absolute Gasteiger partial charge is 0.0178 e. The van der Waals surface area contributed by atoms with Gasteiger partial charge in [0.15, 0.2) is 0 Å². The Kier molecular flexibility index (Phi) is 1.65. The van der Waals surface area contributed by atoms with E-state index >= 15 is 0 Å². The standard InChI is InChI=1S/C20H17Br/c1-12-2-4-14-15-5-3-13(21)11-17(15)20-9-7-18(20)6-8-19(18,20)16(14)10-12/h2-5,10-11H,6-9H2,1H3/t18?,19?,20-/m0/s1. The Morgan fingerprint density at radius 2 is 1.43 bits per heavy atom. The average molecular weight is 337 g/mol. The van der Waals surface area contributed by atoms with Crippen molar-refractivity contribution in [3.05, 3.63) is 57.6 Å². The zero-order valence-electron chi connectivity index (χ0n) is 12.2. The summed E-state index contributed by atoms with van der Waals surface area (Å²) in [6.45, 7) is 2.25. The van der Waals surface area contributed by atoms with Gasteiger partial charge in [0.2, 0.25) is 0 Å². The summed E-state index contributed by atoms with van der Waals surface area (Å²) in [5, 5.41) is 0. The minimum atomic E-state index is 0.500. The number of halogens is 1. The molecule has 2 unspecified atom stereocenters. The Morgan fingerprint density at radius 1 is 0.810 bits per heavy atom. The van der Waals surface area contributed by atoms with E-state index < -0.39 is 0 Å². The molecule has 3 saturated carbocycles. The lowest BCUT2D eigenvalue weighted by atomic mass is 9.66. The highest BCUT2D eigenvalue weighted by Gasteiger charge is 2.96. The SMILES string of the molecule is Cc1ccc2c(c1)C13CCC14CC[C@]43c1cc(Br)ccc1-2. The Hall–Kier alpha value is -1.08. The topological polar surface area (TPSA) is 0 Å². The third-order valence-electron chi connectivity index (χ3n) is 7.52. The van der Waals surface area contributed by atoms with Crippen LogP contribution in [0.4, 0.5) is 0 Å². The lowest BCUT2D eigenvalue weighted by molar-refractivity contribution is 0.183. The average Bonchev–Trinajstić information content (AvgIpc) is 2.68. The fourth-order valence-electron chi connectivity index (χ4n) is 6.78. The normalized spacial score (nSPS) is 39.7. The van der Waals surface area contributed by atoms with Gasteiger partial charge in [0.25, 0.3) is 0 Å². The van der Waals surface area contributed by atoms with Crippen LogP contribution in [0.2, 0.25) is 0 Å². The highest BCUT2D eigenvalue weighted by atomic mass is 79.9. The van der Waals surface area contributed by atoms with Crippen LogP contribution in [0.3, 0.4) is 0 Å². The van der Waals surface area contributed by atoms with Gasteiger partial charge < -0.3 is 0 Å². The van der Waals surface area contributed by atoms with E-state index in [0.29, 0.717) is 16.2 Å². The summed E-state index contributed by atoms with van der Waals surface area (Å²) < 4.78 is 1.25. The van der Waals surface area contributed by atoms with Gasteiger partial charge in [-0.3, -0.25) is 0 Å². The zero-order valence-corrected chi connectivity index (χ0v) is 13.8. The summed E-state index contributed by atoms with van der Waals surface area (Å²) in [4.78, 5) is 0. The first-order valence-electron chi connectivity index (χ1n) is 8.08. The summed E-state index contributed by atoms with van der Waals surface area (Å²) >= 11 is 3.71. The van der Waals surface area contributed by atoms with E-state index in [-0.39, 0.29) is 0 Å². The molecule has 0 aromatic heterocycles. The van der Waals surface area contributed by atoms with E-state index in [1.54, 1.807) is 11.1 Å². The van der Waals surface area contributed by atoms with Gasteiger partial charge in [-0.25, -0.2) is 0 Å². The van der Waals surface area contributed by atoms with E-state index in [9.17, 15) is 0 Å². The summed E-state index contributed by atoms with van der Waals surface area (Å²) in [6.07, 6.45) is 5.72. The number of rotatable bonds is 0. The Labute approximate surface area is 133 Å². The maximum Gasteiger partial charge on any atom is 0.0178 e. The fraction of sp³-hybridized carbons (Fsp3) is 0.400. The molecule has 21 heavy (non-hydrogen) atoms. The highest BCUT2D eigenvalue weighted by Crippen LogP contribution is 2.99. The molecule has 4 aliphatic rings. The molecular weight excluding hydrogens is 320 g/mol. The molecule has 0 nitrogen and oxygen atoms in total. The molecule has 3 atom stereocenters. The molecular formula is C20H17Br. The first-order valence-corrected chi connectivity index (χ1v) is 8.87. The molecule has 0 amide bonds. The van der Waals surface area contributed by atoms with Crippen LogP contribution in [-0.2, 0) is 10.8 Å². The lowest BCUT2D eigenvalue weighted by Crippen LogP contribution is -2.30. The molecule has 4 aliphatic carbocycles. The molecule has 2 aromatic carbocycles. The van der Waals surface area contributed by atoms with Crippen molar-refractivity contribution in [3.8, 4) is 11.1 Å². The van der Waals surface area contributed by atoms with Crippen LogP contribution in [-0.4, -0.2) is 0 Å². The van der Waals surface area contributed by atoms with Gasteiger partial charge in [0, 0.05) is 15.3 Å². The van der Waals surface area contributed by atoms with Gasteiger partial charge in [-0.2, -0.15) is 0 Å². The van der Waals surface area contributed by atoms with Crippen LogP contribution in [0.25, 0.3) is 11.1 Å². The molecule has 0 heterocycles. The molecule has 1 heteroatoms. The summed E-state index contributed by atoms with van der Waals surface area (Å²) in [6, 6.07) is 14.2. The third kappa shape index (κ3) is 0.848. The van der Waals surface area contributed by atoms with Gasteiger partial charge in [0.05, 0.1) is 0 Å². The van der Waals surface area contributed by atoms with E-state index in [4.69, 9.17) is 0 Å². The van der Waals surface area contributed by atoms with Crippen molar-refractivity contribution in [2.75, 3.05) is 0 Å². The van der Waals surface area contributed by atoms with E-state index in [2.05, 4.69) is 59.3 Å². The number of aryl methyl sites for hydroxylation is 1. The van der Waals surface area contributed by atoms with Gasteiger partial charge in [0.1, 0.15) is 0 Å². The number of fused-ring (bicyclic) bond motifs is 3. The Bertz CT molecular complexity index is 777. The summed E-state index contributed by atoms with van der Waals surface area (Å²) in [7, 11) is 0. The fourth-order valence-corrected chi connectivity index (χ4v) is 7.14. The maximum absolute atomic E-state index is 3.71. The van der Waals surface area contributed by atoms with E-state index in [0.717, 1.165) is 0 Å². The predicted molar refractivity (Wildman–Crippen MR) is 88.6 cm³/mol. The Morgan fingerprint density at radius 3 is 2.05 bits per heavy atom. The number of benzene rings is 2. The predicted octanol–water partition coefficient (Wildman–Crippen LogP) is 5.50. The second-order valence-corrected chi connectivity index (χ2v) is 8.55. The molecule has 0 radical (unpaired) electrons. The van der Waals surface area contributed by atoms with Gasteiger partial charge >= 0.3 is 0 Å². The van der Waals surface area contributed by atoms with Crippen LogP contribution in [0, 0.1) is 12.3 Å². The van der Waals surface area contributed by atoms with Crippen molar-refractivity contribution in [1.29, 1.82) is 0 Å². The largest absolute Gasteiger partial charge is 0.0587 e. The second kappa shape index (κ2) is 3.01. The van der Waals surface area contributed by atoms with Crippen molar-refractivity contribution in [2.45, 2.75) is 43.4 Å². The Balaban J connectivity index is 1.79. The van der Waals surface area contributed by atoms with Crippen LogP contribution in [0.5, 0.6) is 0 Å². The molecule has 6 rings (SSSR count). The van der Waals surface area contributed by atoms with Crippen molar-refractivity contribution >= 4 is 15.9 Å². The van der Waals surface area contributed by atoms with Crippen molar-refractivity contribution in [2.24, 2.45) is 5.41 Å². The van der Waals surface area contributed by atoms with Crippen molar-refractivity contribution in [3.63, 3.8) is 0 Å². The lowest BCUT2D eigenvalue weighted by Gasteiger charge is -2.37. The van der Waals surface area contributed by atoms with Crippen LogP contribution < -0.4 is 0 Å². The molecule has 0 bridgehead atoms. The molecule has 0 N–H and O–H groups in total. The molecule has 2 aromatic rings. The molecule has 0 aliphatic heterocycles. The van der Waals surface area contributed by atoms with Crippen LogP contribution >= 0.6 is 15.9 Å². The number of hydrogen-bond acceptors (Lipinski definition) is 0. The maximum atomic E-state index is 3.71. The molecule has 0 saturated heterocycles. The summed E-state index contributed by atoms with van der Waals surface area (Å²) in [5.74, 6) is 0. The van der Waals surface area contributed by atoms with E-state index in [1.807, 2.05) is 0 Å². The quantitative estimate of drug-likeness (QED) is 0.595. The van der Waals surface area contributed by atoms with Crippen LogP contribution in [0.1, 0.15) is 42.4 Å². The summed E-state index contributed by atoms with van der Waals surface area (Å²) in [5.41, 5.74) is 9.42. The van der Waals surface area contributed by atoms with Crippen molar-refractivity contribution in [1.82, 2.24) is 0 Å². The van der Waals surface area contributed by atoms with Gasteiger partial charge in [-0.15, -0.1) is 0 Å². The zero-order chi connectivity index (χ0) is 14.0. The van der Waals surface area contributed by atoms with Gasteiger partial charge in [-0.1, -0.05) is 45.8 Å². The van der Waals surface area contributed by atoms with Crippen molar-refractivity contribution < 1.29 is 0 Å². The first-order chi connectivity index (χ1) is 10.2. The molecule has 104 valence electrons. The minimum Gasteiger partial charge on any atom is -0.0587 e. The third-order valence-corrected chi connectivity index (χ3v) is 8.01. The second-order valence-electron chi connectivity index (χ2n) is 7.63. The van der Waals surface area contributed by atoms with E-state index in [1.165, 1.54) is 46.8 Å². The monoisotopic (exact) mass is 336 g/mol. The van der Waals surface area contributed by atoms with Gasteiger partial charge in [-0.05, 0) is 72.4 Å². The first kappa shape index (κ1) is 11.5. The number of hydrogen-bond donors (Lipinski definition) is 0. The highest BCUT2D eigenvalue weighted by molar-refractivity contribution is 9.10. The van der Waals surface area contributed by atoms with Crippen LogP contribution in [0.15, 0.2) is 40.9 Å². The molecule has 3 fully saturated rings. The minimum absolute atomic E-state index is 0.500. The molecule has 3 spiro atoms.